The molecule has 0 spiro atoms. The Labute approximate surface area is 81.2 Å². The first kappa shape index (κ1) is 7.39. The van der Waals surface area contributed by atoms with Crippen LogP contribution in [0.1, 0.15) is 10.9 Å². The highest BCUT2D eigenvalue weighted by atomic mass is 32.2. The van der Waals surface area contributed by atoms with Crippen molar-refractivity contribution < 1.29 is 0 Å². The van der Waals surface area contributed by atoms with Crippen LogP contribution in [-0.2, 0) is 0 Å². The number of thioether (sulfide) groups is 1. The van der Waals surface area contributed by atoms with E-state index in [0.29, 0.717) is 5.25 Å². The van der Waals surface area contributed by atoms with E-state index in [1.165, 1.54) is 16.8 Å². The molecule has 0 aliphatic carbocycles. The molecule has 0 N–H and O–H groups in total. The van der Waals surface area contributed by atoms with Gasteiger partial charge < -0.3 is 0 Å². The van der Waals surface area contributed by atoms with E-state index in [1.807, 2.05) is 17.8 Å². The van der Waals surface area contributed by atoms with E-state index in [0.717, 1.165) is 5.52 Å². The van der Waals surface area contributed by atoms with E-state index in [-0.39, 0.29) is 0 Å². The average Bonchev–Trinajstić information content (AvgIpc) is 3.00. The fourth-order valence-corrected chi connectivity index (χ4v) is 2.05. The Morgan fingerprint density at radius 1 is 1.15 bits per heavy atom. The first-order valence-electron chi connectivity index (χ1n) is 4.41. The van der Waals surface area contributed by atoms with Crippen LogP contribution in [0, 0.1) is 0 Å². The van der Waals surface area contributed by atoms with E-state index in [2.05, 4.69) is 35.3 Å². The van der Waals surface area contributed by atoms with Crippen molar-refractivity contribution in [3.8, 4) is 0 Å². The van der Waals surface area contributed by atoms with Gasteiger partial charge in [0.1, 0.15) is 0 Å². The Kier molecular flexibility index (Phi) is 1.56. The van der Waals surface area contributed by atoms with Gasteiger partial charge in [0, 0.05) is 11.1 Å². The number of pyridine rings is 1. The molecule has 1 unspecified atom stereocenters. The molecule has 2 heteroatoms. The quantitative estimate of drug-likeness (QED) is 0.636. The average molecular weight is 187 g/mol. The molecule has 0 saturated carbocycles. The maximum atomic E-state index is 4.62. The molecule has 1 aliphatic heterocycles. The summed E-state index contributed by atoms with van der Waals surface area (Å²) in [6.07, 6.45) is 0. The van der Waals surface area contributed by atoms with Gasteiger partial charge in [-0.05, 0) is 12.1 Å². The van der Waals surface area contributed by atoms with Crippen molar-refractivity contribution in [1.82, 2.24) is 4.98 Å². The topological polar surface area (TPSA) is 12.9 Å². The zero-order valence-corrected chi connectivity index (χ0v) is 7.92. The van der Waals surface area contributed by atoms with E-state index in [4.69, 9.17) is 0 Å². The summed E-state index contributed by atoms with van der Waals surface area (Å²) in [7, 11) is 0. The number of aromatic nitrogens is 1. The minimum absolute atomic E-state index is 0.671. The predicted molar refractivity (Wildman–Crippen MR) is 56.9 cm³/mol. The second kappa shape index (κ2) is 2.74. The molecule has 1 saturated heterocycles. The molecular formula is C11H9NS. The summed E-state index contributed by atoms with van der Waals surface area (Å²) in [5, 5.41) is 1.90. The number of fused-ring (bicyclic) bond motifs is 1. The van der Waals surface area contributed by atoms with Crippen molar-refractivity contribution in [2.75, 3.05) is 5.75 Å². The minimum atomic E-state index is 0.671. The van der Waals surface area contributed by atoms with Crippen LogP contribution in [0.4, 0.5) is 0 Å². The third-order valence-corrected chi connectivity index (χ3v) is 3.19. The fraction of sp³-hybridized carbons (Fsp3) is 0.182. The first-order chi connectivity index (χ1) is 6.43. The molecule has 1 aromatic carbocycles. The van der Waals surface area contributed by atoms with Crippen LogP contribution in [0.25, 0.3) is 10.9 Å². The van der Waals surface area contributed by atoms with E-state index >= 15 is 0 Å². The third kappa shape index (κ3) is 1.31. The number of benzene rings is 1. The van der Waals surface area contributed by atoms with Gasteiger partial charge in [-0.3, -0.25) is 4.98 Å². The van der Waals surface area contributed by atoms with Crippen LogP contribution in [0.3, 0.4) is 0 Å². The Hall–Kier alpha value is -1.02. The molecule has 1 atom stereocenters. The lowest BCUT2D eigenvalue weighted by molar-refractivity contribution is 1.12. The second-order valence-electron chi connectivity index (χ2n) is 3.25. The summed E-state index contributed by atoms with van der Waals surface area (Å²) < 4.78 is 0. The van der Waals surface area contributed by atoms with Crippen LogP contribution in [0.2, 0.25) is 0 Å². The molecule has 1 nitrogen and oxygen atoms in total. The van der Waals surface area contributed by atoms with Crippen LogP contribution < -0.4 is 0 Å². The SMILES string of the molecule is c1ccc2nc(C3CS3)ccc2c1. The lowest BCUT2D eigenvalue weighted by Gasteiger charge is -1.99. The van der Waals surface area contributed by atoms with Gasteiger partial charge in [-0.2, -0.15) is 0 Å². The highest BCUT2D eigenvalue weighted by molar-refractivity contribution is 8.06. The van der Waals surface area contributed by atoms with Crippen molar-refractivity contribution in [2.24, 2.45) is 0 Å². The monoisotopic (exact) mass is 187 g/mol. The molecular weight excluding hydrogens is 178 g/mol. The zero-order valence-electron chi connectivity index (χ0n) is 7.10. The van der Waals surface area contributed by atoms with Gasteiger partial charge in [-0.25, -0.2) is 0 Å². The Morgan fingerprint density at radius 3 is 2.85 bits per heavy atom. The standard InChI is InChI=1S/C11H9NS/c1-2-4-9-8(3-1)5-6-10(12-9)11-7-13-11/h1-6,11H,7H2. The lowest BCUT2D eigenvalue weighted by Crippen LogP contribution is -1.86. The van der Waals surface area contributed by atoms with Gasteiger partial charge in [0.05, 0.1) is 16.5 Å². The first-order valence-corrected chi connectivity index (χ1v) is 5.46. The normalized spacial score (nSPS) is 20.5. The van der Waals surface area contributed by atoms with Gasteiger partial charge in [0.2, 0.25) is 0 Å². The molecule has 13 heavy (non-hydrogen) atoms. The van der Waals surface area contributed by atoms with Gasteiger partial charge >= 0.3 is 0 Å². The molecule has 1 fully saturated rings. The minimum Gasteiger partial charge on any atom is -0.252 e. The van der Waals surface area contributed by atoms with Crippen molar-refractivity contribution in [3.05, 3.63) is 42.1 Å². The van der Waals surface area contributed by atoms with Crippen molar-refractivity contribution >= 4 is 22.7 Å². The van der Waals surface area contributed by atoms with Crippen LogP contribution in [-0.4, -0.2) is 10.7 Å². The summed E-state index contributed by atoms with van der Waals surface area (Å²) in [6.45, 7) is 0. The number of para-hydroxylation sites is 1. The summed E-state index contributed by atoms with van der Waals surface area (Å²) in [5.74, 6) is 1.24. The zero-order chi connectivity index (χ0) is 8.67. The maximum absolute atomic E-state index is 4.62. The number of hydrogen-bond acceptors (Lipinski definition) is 2. The molecule has 1 aliphatic rings. The summed E-state index contributed by atoms with van der Waals surface area (Å²) in [5.41, 5.74) is 2.36. The maximum Gasteiger partial charge on any atom is 0.0705 e. The third-order valence-electron chi connectivity index (χ3n) is 2.28. The predicted octanol–water partition coefficient (Wildman–Crippen LogP) is 3.02. The Balaban J connectivity index is 2.21. The van der Waals surface area contributed by atoms with Gasteiger partial charge in [-0.15, -0.1) is 11.8 Å². The molecule has 2 heterocycles. The number of rotatable bonds is 1. The van der Waals surface area contributed by atoms with Crippen molar-refractivity contribution in [3.63, 3.8) is 0 Å². The molecule has 0 amide bonds. The van der Waals surface area contributed by atoms with Crippen molar-refractivity contribution in [1.29, 1.82) is 0 Å². The smallest absolute Gasteiger partial charge is 0.0705 e. The highest BCUT2D eigenvalue weighted by Crippen LogP contribution is 2.45. The van der Waals surface area contributed by atoms with E-state index in [1.54, 1.807) is 0 Å². The Bertz CT molecular complexity index is 449. The molecule has 64 valence electrons. The van der Waals surface area contributed by atoms with Gasteiger partial charge in [-0.1, -0.05) is 24.3 Å². The Morgan fingerprint density at radius 2 is 2.00 bits per heavy atom. The summed E-state index contributed by atoms with van der Waals surface area (Å²) >= 11 is 1.97. The van der Waals surface area contributed by atoms with E-state index < -0.39 is 0 Å². The highest BCUT2D eigenvalue weighted by Gasteiger charge is 2.25. The van der Waals surface area contributed by atoms with Crippen LogP contribution in [0.15, 0.2) is 36.4 Å². The molecule has 0 bridgehead atoms. The largest absolute Gasteiger partial charge is 0.252 e. The van der Waals surface area contributed by atoms with E-state index in [9.17, 15) is 0 Å². The molecule has 0 radical (unpaired) electrons. The van der Waals surface area contributed by atoms with Crippen LogP contribution in [0.5, 0.6) is 0 Å². The number of hydrogen-bond donors (Lipinski definition) is 0. The molecule has 3 rings (SSSR count). The lowest BCUT2D eigenvalue weighted by atomic mass is 10.2. The fourth-order valence-electron chi connectivity index (χ4n) is 1.48. The second-order valence-corrected chi connectivity index (χ2v) is 4.49. The summed E-state index contributed by atoms with van der Waals surface area (Å²) in [6, 6.07) is 12.6. The van der Waals surface area contributed by atoms with Crippen LogP contribution >= 0.6 is 11.8 Å². The summed E-state index contributed by atoms with van der Waals surface area (Å²) in [4.78, 5) is 4.62. The van der Waals surface area contributed by atoms with Gasteiger partial charge in [0.15, 0.2) is 0 Å². The number of nitrogens with zero attached hydrogens (tertiary/aromatic N) is 1. The molecule has 1 aromatic heterocycles. The van der Waals surface area contributed by atoms with Crippen molar-refractivity contribution in [2.45, 2.75) is 5.25 Å². The molecule has 2 aromatic rings. The van der Waals surface area contributed by atoms with Gasteiger partial charge in [0.25, 0.3) is 0 Å².